The van der Waals surface area contributed by atoms with E-state index >= 15 is 0 Å². The summed E-state index contributed by atoms with van der Waals surface area (Å²) in [5, 5.41) is 0.353. The molecule has 1 aliphatic heterocycles. The number of hydrogen-bond acceptors (Lipinski definition) is 5. The lowest BCUT2D eigenvalue weighted by atomic mass is 10.0. The van der Waals surface area contributed by atoms with Crippen molar-refractivity contribution >= 4 is 23.2 Å². The fourth-order valence-electron chi connectivity index (χ4n) is 3.30. The van der Waals surface area contributed by atoms with E-state index in [4.69, 9.17) is 16.6 Å². The molecule has 1 fully saturated rings. The zero-order valence-corrected chi connectivity index (χ0v) is 16.4. The standard InChI is InChI=1S/C21H16ClF3N4O/c22-17-11-26-8-5-16(17)20-19(13-1-3-14(4-2-13)21(23,24)25)27-12-18(28-20)29-9-6-15(30)7-10-29/h1-5,8,11-12H,6-7,9-10H2. The van der Waals surface area contributed by atoms with Crippen molar-refractivity contribution in [2.24, 2.45) is 0 Å². The van der Waals surface area contributed by atoms with Gasteiger partial charge in [-0.25, -0.2) is 4.98 Å². The number of piperidine rings is 1. The molecular weight excluding hydrogens is 417 g/mol. The fourth-order valence-corrected chi connectivity index (χ4v) is 3.51. The Morgan fingerprint density at radius 1 is 0.967 bits per heavy atom. The maximum Gasteiger partial charge on any atom is 0.416 e. The van der Waals surface area contributed by atoms with E-state index in [-0.39, 0.29) is 5.78 Å². The van der Waals surface area contributed by atoms with Gasteiger partial charge in [-0.2, -0.15) is 13.2 Å². The molecule has 9 heteroatoms. The van der Waals surface area contributed by atoms with Gasteiger partial charge < -0.3 is 4.90 Å². The van der Waals surface area contributed by atoms with Crippen LogP contribution in [0, 0.1) is 0 Å². The molecular formula is C21H16ClF3N4O. The van der Waals surface area contributed by atoms with E-state index < -0.39 is 11.7 Å². The van der Waals surface area contributed by atoms with Gasteiger partial charge in [0.2, 0.25) is 0 Å². The number of rotatable bonds is 3. The molecule has 2 aromatic heterocycles. The number of aromatic nitrogens is 3. The Labute approximate surface area is 175 Å². The topological polar surface area (TPSA) is 59.0 Å². The first-order valence-electron chi connectivity index (χ1n) is 9.24. The van der Waals surface area contributed by atoms with Gasteiger partial charge in [0.25, 0.3) is 0 Å². The minimum Gasteiger partial charge on any atom is -0.354 e. The third-order valence-corrected chi connectivity index (χ3v) is 5.22. The molecule has 30 heavy (non-hydrogen) atoms. The average molecular weight is 433 g/mol. The molecule has 0 spiro atoms. The third-order valence-electron chi connectivity index (χ3n) is 4.92. The van der Waals surface area contributed by atoms with E-state index in [2.05, 4.69) is 9.97 Å². The van der Waals surface area contributed by atoms with Crippen LogP contribution in [0.15, 0.2) is 48.9 Å². The predicted octanol–water partition coefficient (Wildman–Crippen LogP) is 5.05. The number of alkyl halides is 3. The Bertz CT molecular complexity index is 1080. The van der Waals surface area contributed by atoms with Crippen molar-refractivity contribution < 1.29 is 18.0 Å². The van der Waals surface area contributed by atoms with Crippen molar-refractivity contribution in [3.63, 3.8) is 0 Å². The third kappa shape index (κ3) is 4.14. The van der Waals surface area contributed by atoms with Crippen LogP contribution in [0.5, 0.6) is 0 Å². The largest absolute Gasteiger partial charge is 0.416 e. The van der Waals surface area contributed by atoms with Crippen LogP contribution in [0.4, 0.5) is 19.0 Å². The van der Waals surface area contributed by atoms with Gasteiger partial charge in [0, 0.05) is 49.5 Å². The van der Waals surface area contributed by atoms with Crippen LogP contribution in [0.3, 0.4) is 0 Å². The highest BCUT2D eigenvalue weighted by Crippen LogP contribution is 2.36. The van der Waals surface area contributed by atoms with E-state index in [1.54, 1.807) is 18.5 Å². The van der Waals surface area contributed by atoms with Gasteiger partial charge in [-0.1, -0.05) is 23.7 Å². The number of ketones is 1. The van der Waals surface area contributed by atoms with E-state index in [1.807, 2.05) is 4.90 Å². The Balaban J connectivity index is 1.80. The highest BCUT2D eigenvalue weighted by molar-refractivity contribution is 6.33. The van der Waals surface area contributed by atoms with E-state index in [1.165, 1.54) is 18.3 Å². The monoisotopic (exact) mass is 432 g/mol. The molecule has 154 valence electrons. The summed E-state index contributed by atoms with van der Waals surface area (Å²) in [6.07, 6.45) is 1.06. The lowest BCUT2D eigenvalue weighted by Gasteiger charge is -2.27. The number of pyridine rings is 1. The SMILES string of the molecule is O=C1CCN(c2cnc(-c3ccc(C(F)(F)F)cc3)c(-c3ccncc3Cl)n2)CC1. The van der Waals surface area contributed by atoms with Gasteiger partial charge in [0.15, 0.2) is 0 Å². The van der Waals surface area contributed by atoms with E-state index in [0.717, 1.165) is 12.1 Å². The zero-order valence-electron chi connectivity index (χ0n) is 15.7. The Kier molecular flexibility index (Phi) is 5.42. The van der Waals surface area contributed by atoms with Crippen molar-refractivity contribution in [2.45, 2.75) is 19.0 Å². The molecule has 0 bridgehead atoms. The molecule has 3 heterocycles. The van der Waals surface area contributed by atoms with Crippen molar-refractivity contribution in [3.05, 3.63) is 59.5 Å². The summed E-state index contributed by atoms with van der Waals surface area (Å²) >= 11 is 6.32. The summed E-state index contributed by atoms with van der Waals surface area (Å²) in [6, 6.07) is 6.44. The number of nitrogens with zero attached hydrogens (tertiary/aromatic N) is 4. The van der Waals surface area contributed by atoms with E-state index in [0.29, 0.717) is 59.3 Å². The van der Waals surface area contributed by atoms with Gasteiger partial charge in [-0.05, 0) is 18.2 Å². The first-order valence-corrected chi connectivity index (χ1v) is 9.62. The van der Waals surface area contributed by atoms with Crippen molar-refractivity contribution in [1.29, 1.82) is 0 Å². The van der Waals surface area contributed by atoms with Crippen LogP contribution in [0.25, 0.3) is 22.5 Å². The molecule has 1 saturated heterocycles. The minimum atomic E-state index is -4.42. The van der Waals surface area contributed by atoms with Gasteiger partial charge in [0.05, 0.1) is 22.5 Å². The van der Waals surface area contributed by atoms with Crippen LogP contribution < -0.4 is 4.90 Å². The first-order chi connectivity index (χ1) is 14.3. The predicted molar refractivity (Wildman–Crippen MR) is 107 cm³/mol. The molecule has 0 atom stereocenters. The number of benzene rings is 1. The van der Waals surface area contributed by atoms with E-state index in [9.17, 15) is 18.0 Å². The van der Waals surface area contributed by atoms with Crippen LogP contribution >= 0.6 is 11.6 Å². The molecule has 5 nitrogen and oxygen atoms in total. The molecule has 3 aromatic rings. The highest BCUT2D eigenvalue weighted by Gasteiger charge is 2.30. The lowest BCUT2D eigenvalue weighted by Crippen LogP contribution is -2.34. The second-order valence-corrected chi connectivity index (χ2v) is 7.29. The normalized spacial score (nSPS) is 14.8. The fraction of sp³-hybridized carbons (Fsp3) is 0.238. The molecule has 4 rings (SSSR count). The highest BCUT2D eigenvalue weighted by atomic mass is 35.5. The molecule has 1 aliphatic rings. The van der Waals surface area contributed by atoms with Crippen LogP contribution in [0.1, 0.15) is 18.4 Å². The smallest absolute Gasteiger partial charge is 0.354 e. The summed E-state index contributed by atoms with van der Waals surface area (Å²) in [5.74, 6) is 0.791. The number of anilines is 1. The Morgan fingerprint density at radius 2 is 1.67 bits per heavy atom. The molecule has 0 saturated carbocycles. The average Bonchev–Trinajstić information content (AvgIpc) is 2.74. The minimum absolute atomic E-state index is 0.206. The summed E-state index contributed by atoms with van der Waals surface area (Å²) in [5.41, 5.74) is 1.17. The number of halogens is 4. The Morgan fingerprint density at radius 3 is 2.30 bits per heavy atom. The molecule has 1 aromatic carbocycles. The van der Waals surface area contributed by atoms with Crippen molar-refractivity contribution in [2.75, 3.05) is 18.0 Å². The van der Waals surface area contributed by atoms with Crippen molar-refractivity contribution in [3.8, 4) is 22.5 Å². The number of carbonyl (C=O) groups excluding carboxylic acids is 1. The Hall–Kier alpha value is -3.00. The number of Topliss-reactive ketones (excluding diaryl/α,β-unsaturated/α-hetero) is 1. The maximum atomic E-state index is 12.9. The van der Waals surface area contributed by atoms with Gasteiger partial charge in [-0.15, -0.1) is 0 Å². The molecule has 0 amide bonds. The molecule has 0 aliphatic carbocycles. The quantitative estimate of drug-likeness (QED) is 0.580. The number of hydrogen-bond donors (Lipinski definition) is 0. The van der Waals surface area contributed by atoms with Gasteiger partial charge in [-0.3, -0.25) is 14.8 Å². The second kappa shape index (κ2) is 8.02. The maximum absolute atomic E-state index is 12.9. The van der Waals surface area contributed by atoms with Crippen LogP contribution in [-0.2, 0) is 11.0 Å². The summed E-state index contributed by atoms with van der Waals surface area (Å²) in [6.45, 7) is 1.08. The van der Waals surface area contributed by atoms with Crippen molar-refractivity contribution in [1.82, 2.24) is 15.0 Å². The molecule has 0 radical (unpaired) electrons. The summed E-state index contributed by atoms with van der Waals surface area (Å²) < 4.78 is 38.8. The lowest BCUT2D eigenvalue weighted by molar-refractivity contribution is -0.137. The first kappa shape index (κ1) is 20.3. The second-order valence-electron chi connectivity index (χ2n) is 6.88. The van der Waals surface area contributed by atoms with Crippen LogP contribution in [0.2, 0.25) is 5.02 Å². The summed E-state index contributed by atoms with van der Waals surface area (Å²) in [7, 11) is 0. The zero-order chi connectivity index (χ0) is 21.3. The van der Waals surface area contributed by atoms with Gasteiger partial charge >= 0.3 is 6.18 Å². The summed E-state index contributed by atoms with van der Waals surface area (Å²) in [4.78, 5) is 26.7. The molecule has 0 N–H and O–H groups in total. The molecule has 0 unspecified atom stereocenters. The number of carbonyl (C=O) groups is 1. The van der Waals surface area contributed by atoms with Crippen LogP contribution in [-0.4, -0.2) is 33.8 Å². The van der Waals surface area contributed by atoms with Gasteiger partial charge in [0.1, 0.15) is 17.3 Å².